The third-order valence-electron chi connectivity index (χ3n) is 12.0. The lowest BCUT2D eigenvalue weighted by Crippen LogP contribution is -2.27. The summed E-state index contributed by atoms with van der Waals surface area (Å²) in [5.41, 5.74) is 9.65. The van der Waals surface area contributed by atoms with E-state index in [1.807, 2.05) is 24.3 Å². The van der Waals surface area contributed by atoms with Gasteiger partial charge in [-0.25, -0.2) is 0 Å². The summed E-state index contributed by atoms with van der Waals surface area (Å²) in [6.45, 7) is 19.2. The molecule has 13 heteroatoms. The lowest BCUT2D eigenvalue weighted by molar-refractivity contribution is 0.103. The number of nitrogens with one attached hydrogen (secondary N) is 2. The largest absolute Gasteiger partial charge is 0.384 e. The van der Waals surface area contributed by atoms with Crippen molar-refractivity contribution in [2.75, 3.05) is 83.1 Å². The van der Waals surface area contributed by atoms with Crippen molar-refractivity contribution in [1.82, 2.24) is 44.2 Å². The monoisotopic (exact) mass is 781 g/mol. The number of carbonyl (C=O) groups is 2. The fraction of sp³-hybridized carbons (Fsp3) is 0.422. The number of nitrogens with zero attached hydrogens (tertiary/aromatic N) is 9. The number of hydrogen-bond acceptors (Lipinski definition) is 11. The van der Waals surface area contributed by atoms with Crippen LogP contribution in [0.2, 0.25) is 0 Å². The molecule has 2 aliphatic carbocycles. The molecule has 4 heterocycles. The van der Waals surface area contributed by atoms with E-state index >= 15 is 0 Å². The molecule has 13 nitrogen and oxygen atoms in total. The van der Waals surface area contributed by atoms with Crippen molar-refractivity contribution in [3.8, 4) is 22.5 Å². The fourth-order valence-electron chi connectivity index (χ4n) is 8.67. The van der Waals surface area contributed by atoms with Crippen LogP contribution >= 0.6 is 0 Å². The minimum atomic E-state index is 0.0162. The summed E-state index contributed by atoms with van der Waals surface area (Å²) in [4.78, 5) is 43.8. The number of pyridine rings is 2. The van der Waals surface area contributed by atoms with Crippen molar-refractivity contribution >= 4 is 44.7 Å². The molecule has 2 aliphatic rings. The Morgan fingerprint density at radius 1 is 0.569 bits per heavy atom. The third-order valence-corrected chi connectivity index (χ3v) is 12.0. The van der Waals surface area contributed by atoms with Crippen molar-refractivity contribution < 1.29 is 9.59 Å². The molecular formula is C45H55N11O2. The highest BCUT2D eigenvalue weighted by atomic mass is 16.1. The maximum atomic E-state index is 14.0. The van der Waals surface area contributed by atoms with Crippen LogP contribution in [0.25, 0.3) is 44.3 Å². The van der Waals surface area contributed by atoms with Crippen LogP contribution in [-0.2, 0) is 13.1 Å². The Morgan fingerprint density at radius 3 is 1.41 bits per heavy atom. The molecule has 58 heavy (non-hydrogen) atoms. The molecule has 4 aromatic heterocycles. The molecule has 2 N–H and O–H groups in total. The molecule has 0 saturated carbocycles. The standard InChI is InChI=1S/C45H55N11O2/c1-6-53(7-2)24-26-55-36-14-12-34(38-40(36)42(50-55)32-28-46-20-16-30(32)44(38)57)48-18-10-22-52(5)23-11-19-49-35-13-15-37-41-39(35)45(58)31-17-21-47-29-33(31)43(41)51-56(37)27-25-54(8-3)9-4/h12-17,20-21,28-29,48-49H,6-11,18-19,22-27H2,1-5H3. The number of hydrogen-bond donors (Lipinski definition) is 2. The van der Waals surface area contributed by atoms with E-state index in [-0.39, 0.29) is 11.6 Å². The summed E-state index contributed by atoms with van der Waals surface area (Å²) in [5.74, 6) is 0.0323. The molecule has 0 aliphatic heterocycles. The maximum absolute atomic E-state index is 14.0. The van der Waals surface area contributed by atoms with Crippen LogP contribution in [-0.4, -0.2) is 128 Å². The van der Waals surface area contributed by atoms with Gasteiger partial charge in [0.1, 0.15) is 11.4 Å². The Morgan fingerprint density at radius 2 is 1.00 bits per heavy atom. The number of likely N-dealkylation sites (N-methyl/N-ethyl adjacent to an activating group) is 2. The molecule has 0 spiro atoms. The lowest BCUT2D eigenvalue weighted by Gasteiger charge is -2.20. The van der Waals surface area contributed by atoms with E-state index in [2.05, 4.69) is 91.5 Å². The summed E-state index contributed by atoms with van der Waals surface area (Å²) in [7, 11) is 2.15. The van der Waals surface area contributed by atoms with Gasteiger partial charge in [-0.2, -0.15) is 10.2 Å². The smallest absolute Gasteiger partial charge is 0.196 e. The fourth-order valence-corrected chi connectivity index (χ4v) is 8.67. The highest BCUT2D eigenvalue weighted by Gasteiger charge is 2.33. The third kappa shape index (κ3) is 7.27. The summed E-state index contributed by atoms with van der Waals surface area (Å²) in [6, 6.07) is 11.9. The van der Waals surface area contributed by atoms with Gasteiger partial charge in [0, 0.05) is 95.4 Å². The van der Waals surface area contributed by atoms with Gasteiger partial charge in [-0.15, -0.1) is 0 Å². The zero-order valence-corrected chi connectivity index (χ0v) is 34.5. The number of fused-ring (bicyclic) bond motifs is 4. The minimum absolute atomic E-state index is 0.0162. The van der Waals surface area contributed by atoms with E-state index in [4.69, 9.17) is 10.2 Å². The molecular weight excluding hydrogens is 727 g/mol. The highest BCUT2D eigenvalue weighted by molar-refractivity contribution is 6.28. The normalized spacial score (nSPS) is 13.0. The maximum Gasteiger partial charge on any atom is 0.196 e. The number of ketones is 2. The summed E-state index contributed by atoms with van der Waals surface area (Å²) in [6.07, 6.45) is 8.73. The van der Waals surface area contributed by atoms with Crippen LogP contribution in [0.5, 0.6) is 0 Å². The minimum Gasteiger partial charge on any atom is -0.384 e. The van der Waals surface area contributed by atoms with E-state index in [9.17, 15) is 9.59 Å². The average molecular weight is 782 g/mol. The first-order valence-electron chi connectivity index (χ1n) is 21.0. The van der Waals surface area contributed by atoms with Gasteiger partial charge in [0.2, 0.25) is 0 Å². The van der Waals surface area contributed by atoms with E-state index in [0.717, 1.165) is 147 Å². The van der Waals surface area contributed by atoms with Gasteiger partial charge >= 0.3 is 0 Å². The van der Waals surface area contributed by atoms with Gasteiger partial charge in [0.25, 0.3) is 0 Å². The van der Waals surface area contributed by atoms with Gasteiger partial charge in [-0.3, -0.25) is 28.9 Å². The number of benzene rings is 2. The Hall–Kier alpha value is -5.50. The average Bonchev–Trinajstić information content (AvgIpc) is 3.82. The predicted molar refractivity (Wildman–Crippen MR) is 232 cm³/mol. The van der Waals surface area contributed by atoms with Crippen molar-refractivity contribution in [2.45, 2.75) is 53.6 Å². The van der Waals surface area contributed by atoms with E-state index < -0.39 is 0 Å². The van der Waals surface area contributed by atoms with Crippen LogP contribution in [0.15, 0.2) is 61.2 Å². The Kier molecular flexibility index (Phi) is 11.6. The van der Waals surface area contributed by atoms with Crippen molar-refractivity contribution in [3.05, 3.63) is 83.4 Å². The number of rotatable bonds is 20. The second-order valence-electron chi connectivity index (χ2n) is 15.3. The van der Waals surface area contributed by atoms with E-state index in [1.54, 1.807) is 24.8 Å². The summed E-state index contributed by atoms with van der Waals surface area (Å²) >= 11 is 0. The van der Waals surface area contributed by atoms with Crippen LogP contribution in [0.3, 0.4) is 0 Å². The van der Waals surface area contributed by atoms with Crippen molar-refractivity contribution in [1.29, 1.82) is 0 Å². The Bertz CT molecular complexity index is 2290. The summed E-state index contributed by atoms with van der Waals surface area (Å²) < 4.78 is 4.11. The van der Waals surface area contributed by atoms with Gasteiger partial charge < -0.3 is 25.3 Å². The van der Waals surface area contributed by atoms with Gasteiger partial charge in [0.05, 0.1) is 35.2 Å². The first-order chi connectivity index (χ1) is 28.4. The SMILES string of the molecule is CCN(CC)CCn1nc2c3c(c(NCCCN(C)CCCNc4ccc5c6c(nn5CCN(CC)CC)-c5cnccc5C(=O)c46)ccc31)C(=O)c1ccncc1-2. The summed E-state index contributed by atoms with van der Waals surface area (Å²) in [5, 5.41) is 19.1. The molecule has 0 fully saturated rings. The second-order valence-corrected chi connectivity index (χ2v) is 15.3. The van der Waals surface area contributed by atoms with Crippen LogP contribution < -0.4 is 10.6 Å². The van der Waals surface area contributed by atoms with Crippen LogP contribution in [0.4, 0.5) is 11.4 Å². The molecule has 0 atom stereocenters. The lowest BCUT2D eigenvalue weighted by atomic mass is 9.87. The zero-order valence-electron chi connectivity index (χ0n) is 34.5. The number of carbonyl (C=O) groups excluding carboxylic acids is 2. The highest BCUT2D eigenvalue weighted by Crippen LogP contribution is 2.43. The molecule has 8 rings (SSSR count). The van der Waals surface area contributed by atoms with Gasteiger partial charge in [0.15, 0.2) is 11.6 Å². The molecule has 0 bridgehead atoms. The predicted octanol–water partition coefficient (Wildman–Crippen LogP) is 6.52. The Labute approximate surface area is 340 Å². The van der Waals surface area contributed by atoms with Gasteiger partial charge in [-0.05, 0) is 95.6 Å². The quantitative estimate of drug-likeness (QED) is 0.0821. The van der Waals surface area contributed by atoms with Crippen molar-refractivity contribution in [3.63, 3.8) is 0 Å². The van der Waals surface area contributed by atoms with Crippen LogP contribution in [0.1, 0.15) is 72.4 Å². The molecule has 6 aromatic rings. The van der Waals surface area contributed by atoms with Crippen LogP contribution in [0, 0.1) is 0 Å². The number of aromatic nitrogens is 6. The molecule has 2 aromatic carbocycles. The first kappa shape index (κ1) is 39.3. The first-order valence-corrected chi connectivity index (χ1v) is 21.0. The number of anilines is 2. The molecule has 302 valence electrons. The Balaban J connectivity index is 0.895. The van der Waals surface area contributed by atoms with E-state index in [0.29, 0.717) is 22.3 Å². The van der Waals surface area contributed by atoms with Crippen molar-refractivity contribution in [2.24, 2.45) is 0 Å². The second kappa shape index (κ2) is 17.2. The topological polar surface area (TPSA) is 129 Å². The van der Waals surface area contributed by atoms with E-state index in [1.165, 1.54) is 0 Å². The molecule has 0 saturated heterocycles. The van der Waals surface area contributed by atoms with Gasteiger partial charge in [-0.1, -0.05) is 27.7 Å². The zero-order chi connectivity index (χ0) is 40.3. The molecule has 0 amide bonds. The molecule has 0 unspecified atom stereocenters. The molecule has 0 radical (unpaired) electrons.